The topological polar surface area (TPSA) is 78.4 Å². The Morgan fingerprint density at radius 1 is 0.714 bits per heavy atom. The average molecular weight is 707 g/mol. The summed E-state index contributed by atoms with van der Waals surface area (Å²) in [4.78, 5) is 33.3. The van der Waals surface area contributed by atoms with Gasteiger partial charge in [0, 0.05) is 12.4 Å². The fourth-order valence-electron chi connectivity index (χ4n) is 3.30. The molecule has 0 aromatic carbocycles. The summed E-state index contributed by atoms with van der Waals surface area (Å²) in [5.74, 6) is -0.745. The van der Waals surface area contributed by atoms with E-state index in [0.29, 0.717) is 35.7 Å². The fourth-order valence-corrected chi connectivity index (χ4v) is 3.30. The van der Waals surface area contributed by atoms with E-state index in [1.165, 1.54) is 25.7 Å². The molecule has 0 aliphatic carbocycles. The van der Waals surface area contributed by atoms with Gasteiger partial charge in [0.05, 0.1) is 35.7 Å². The molecular formula is C26H36Cl2N2O4Pt. The van der Waals surface area contributed by atoms with Gasteiger partial charge in [-0.2, -0.15) is 0 Å². The average Bonchev–Trinajstić information content (AvgIpc) is 2.88. The number of ether oxygens (including phenoxy) is 2. The third-order valence-electron chi connectivity index (χ3n) is 5.22. The second-order valence-corrected chi connectivity index (χ2v) is 11.3. The van der Waals surface area contributed by atoms with E-state index in [-0.39, 0.29) is 11.9 Å². The zero-order valence-corrected chi connectivity index (χ0v) is 24.3. The molecular weight excluding hydrogens is 670 g/mol. The number of esters is 2. The summed E-state index contributed by atoms with van der Waals surface area (Å²) < 4.78 is 10.8. The van der Waals surface area contributed by atoms with Crippen molar-refractivity contribution in [2.24, 2.45) is 0 Å². The zero-order valence-electron chi connectivity index (χ0n) is 20.5. The summed E-state index contributed by atoms with van der Waals surface area (Å²) in [5, 5.41) is 0. The van der Waals surface area contributed by atoms with Crippen LogP contribution in [0.5, 0.6) is 0 Å². The Balaban J connectivity index is 0.00000194. The van der Waals surface area contributed by atoms with Gasteiger partial charge in [-0.25, -0.2) is 9.59 Å². The molecule has 0 amide bonds. The van der Waals surface area contributed by atoms with Gasteiger partial charge in [-0.05, 0) is 37.1 Å². The molecule has 2 aromatic heterocycles. The van der Waals surface area contributed by atoms with Crippen LogP contribution in [0.2, 0.25) is 0 Å². The first-order valence-corrected chi connectivity index (χ1v) is 17.8. The van der Waals surface area contributed by atoms with Crippen LogP contribution in [0.4, 0.5) is 0 Å². The molecule has 9 heteroatoms. The van der Waals surface area contributed by atoms with Crippen molar-refractivity contribution in [1.82, 2.24) is 9.97 Å². The molecule has 0 spiro atoms. The molecule has 0 fully saturated rings. The summed E-state index contributed by atoms with van der Waals surface area (Å²) in [6.07, 6.45) is 14.1. The summed E-state index contributed by atoms with van der Waals surface area (Å²) in [7, 11) is 9.75. The minimum atomic E-state index is -0.472. The van der Waals surface area contributed by atoms with Crippen LogP contribution in [0.15, 0.2) is 36.7 Å². The van der Waals surface area contributed by atoms with E-state index in [1.54, 1.807) is 36.7 Å². The third-order valence-corrected chi connectivity index (χ3v) is 5.22. The van der Waals surface area contributed by atoms with Crippen LogP contribution < -0.4 is 0 Å². The van der Waals surface area contributed by atoms with Crippen molar-refractivity contribution >= 4 is 30.8 Å². The first-order valence-electron chi connectivity index (χ1n) is 12.2. The van der Waals surface area contributed by atoms with Crippen LogP contribution in [0.25, 0.3) is 11.4 Å². The normalized spacial score (nSPS) is 10.4. The van der Waals surface area contributed by atoms with E-state index >= 15 is 0 Å². The van der Waals surface area contributed by atoms with Crippen LogP contribution >= 0.6 is 18.8 Å². The summed E-state index contributed by atoms with van der Waals surface area (Å²) >= 11 is -0.472. The number of halogens is 2. The number of pyridine rings is 2. The Bertz CT molecular complexity index is 801. The molecule has 35 heavy (non-hydrogen) atoms. The number of hydrogen-bond acceptors (Lipinski definition) is 6. The molecule has 198 valence electrons. The van der Waals surface area contributed by atoms with Crippen molar-refractivity contribution in [3.63, 3.8) is 0 Å². The van der Waals surface area contributed by atoms with E-state index in [4.69, 9.17) is 28.3 Å². The van der Waals surface area contributed by atoms with Gasteiger partial charge in [-0.15, -0.1) is 0 Å². The van der Waals surface area contributed by atoms with Crippen LogP contribution in [-0.4, -0.2) is 35.1 Å². The van der Waals surface area contributed by atoms with Crippen molar-refractivity contribution in [2.45, 2.75) is 78.1 Å². The van der Waals surface area contributed by atoms with Gasteiger partial charge in [0.1, 0.15) is 0 Å². The Morgan fingerprint density at radius 3 is 1.46 bits per heavy atom. The standard InChI is InChI=1S/C26H36N2O4.2ClH.Pt/c1-3-5-7-9-11-17-31-25(29)21-13-15-27-23(19-21)24-20-22(14-16-28-24)26(30)32-18-12-10-8-6-4-2;;;/h13-16,19-20H,3-12,17-18H2,1-2H3;2*1H;/q;;;+2/p-2. The predicted molar refractivity (Wildman–Crippen MR) is 137 cm³/mol. The molecule has 0 radical (unpaired) electrons. The number of unbranched alkanes of at least 4 members (excludes halogenated alkanes) is 8. The minimum absolute atomic E-state index is 0.372. The Hall–Kier alpha value is -1.49. The van der Waals surface area contributed by atoms with Crippen molar-refractivity contribution in [2.75, 3.05) is 13.2 Å². The molecule has 2 aromatic rings. The molecule has 0 saturated carbocycles. The number of hydrogen-bond donors (Lipinski definition) is 0. The molecule has 6 nitrogen and oxygen atoms in total. The summed E-state index contributed by atoms with van der Waals surface area (Å²) in [6, 6.07) is 6.54. The van der Waals surface area contributed by atoms with Crippen molar-refractivity contribution < 1.29 is 35.5 Å². The Morgan fingerprint density at radius 2 is 1.09 bits per heavy atom. The number of aromatic nitrogens is 2. The molecule has 0 aliphatic heterocycles. The molecule has 2 rings (SSSR count). The van der Waals surface area contributed by atoms with E-state index in [0.717, 1.165) is 38.5 Å². The zero-order chi connectivity index (χ0) is 25.7. The molecule has 2 heterocycles. The fraction of sp³-hybridized carbons (Fsp3) is 0.538. The van der Waals surface area contributed by atoms with E-state index < -0.39 is 16.5 Å². The van der Waals surface area contributed by atoms with E-state index in [1.807, 2.05) is 0 Å². The maximum absolute atomic E-state index is 12.4. The summed E-state index contributed by atoms with van der Waals surface area (Å²) in [6.45, 7) is 5.17. The first-order chi connectivity index (χ1) is 17.1. The Kier molecular flexibility index (Phi) is 18.6. The predicted octanol–water partition coefficient (Wildman–Crippen LogP) is 7.77. The van der Waals surface area contributed by atoms with Gasteiger partial charge >= 0.3 is 47.3 Å². The molecule has 0 saturated heterocycles. The molecule has 0 bridgehead atoms. The van der Waals surface area contributed by atoms with Gasteiger partial charge < -0.3 is 9.47 Å². The number of carbonyl (C=O) groups is 2. The van der Waals surface area contributed by atoms with Crippen LogP contribution in [0.3, 0.4) is 0 Å². The van der Waals surface area contributed by atoms with Gasteiger partial charge in [0.25, 0.3) is 0 Å². The van der Waals surface area contributed by atoms with Crippen molar-refractivity contribution in [1.29, 1.82) is 0 Å². The van der Waals surface area contributed by atoms with Gasteiger partial charge in [-0.3, -0.25) is 9.97 Å². The summed E-state index contributed by atoms with van der Waals surface area (Å²) in [5.41, 5.74) is 1.86. The number of nitrogens with zero attached hydrogens (tertiary/aromatic N) is 2. The molecule has 0 aliphatic rings. The van der Waals surface area contributed by atoms with Crippen molar-refractivity contribution in [3.8, 4) is 11.4 Å². The SMILES string of the molecule is CCCCCCCOC(=O)c1ccnc(-c2cc(C(=O)OCCCCCCC)ccn2)c1.[Cl][Pt][Cl]. The first kappa shape index (κ1) is 31.5. The van der Waals surface area contributed by atoms with E-state index in [9.17, 15) is 9.59 Å². The third kappa shape index (κ3) is 14.0. The van der Waals surface area contributed by atoms with Crippen LogP contribution in [0, 0.1) is 0 Å². The second-order valence-electron chi connectivity index (χ2n) is 8.00. The number of carbonyl (C=O) groups excluding carboxylic acids is 2. The molecule has 0 atom stereocenters. The van der Waals surface area contributed by atoms with Gasteiger partial charge in [0.15, 0.2) is 0 Å². The maximum atomic E-state index is 12.4. The molecule has 0 N–H and O–H groups in total. The number of rotatable bonds is 15. The van der Waals surface area contributed by atoms with E-state index in [2.05, 4.69) is 23.8 Å². The second kappa shape index (κ2) is 20.7. The Labute approximate surface area is 225 Å². The van der Waals surface area contributed by atoms with Crippen molar-refractivity contribution in [3.05, 3.63) is 47.8 Å². The van der Waals surface area contributed by atoms with Gasteiger partial charge in [-0.1, -0.05) is 65.2 Å². The molecule has 0 unspecified atom stereocenters. The monoisotopic (exact) mass is 705 g/mol. The van der Waals surface area contributed by atoms with Crippen LogP contribution in [0.1, 0.15) is 98.8 Å². The quantitative estimate of drug-likeness (QED) is 0.139. The van der Waals surface area contributed by atoms with Gasteiger partial charge in [0.2, 0.25) is 0 Å². The van der Waals surface area contributed by atoms with Crippen LogP contribution in [-0.2, 0) is 26.0 Å².